The fourth-order valence-electron chi connectivity index (χ4n) is 1.52. The molecule has 4 heteroatoms. The molecular formula is C13H12BrFN2. The SMILES string of the molecule is Nc1cccc(NCc2cc(Br)ccc2F)c1. The van der Waals surface area contributed by atoms with Crippen LogP contribution in [-0.4, -0.2) is 0 Å². The first kappa shape index (κ1) is 11.9. The number of nitrogens with two attached hydrogens (primary N) is 1. The lowest BCUT2D eigenvalue weighted by Gasteiger charge is -2.08. The second-order valence-electron chi connectivity index (χ2n) is 3.71. The number of hydrogen-bond donors (Lipinski definition) is 2. The smallest absolute Gasteiger partial charge is 0.128 e. The lowest BCUT2D eigenvalue weighted by Crippen LogP contribution is -2.02. The summed E-state index contributed by atoms with van der Waals surface area (Å²) in [7, 11) is 0. The molecule has 0 bridgehead atoms. The monoisotopic (exact) mass is 294 g/mol. The highest BCUT2D eigenvalue weighted by atomic mass is 79.9. The van der Waals surface area contributed by atoms with E-state index in [4.69, 9.17) is 5.73 Å². The van der Waals surface area contributed by atoms with Crippen molar-refractivity contribution in [2.24, 2.45) is 0 Å². The van der Waals surface area contributed by atoms with Gasteiger partial charge in [-0.25, -0.2) is 4.39 Å². The number of rotatable bonds is 3. The average molecular weight is 295 g/mol. The molecule has 88 valence electrons. The molecule has 3 N–H and O–H groups in total. The molecule has 0 saturated heterocycles. The Morgan fingerprint density at radius 2 is 2.00 bits per heavy atom. The zero-order chi connectivity index (χ0) is 12.3. The fourth-order valence-corrected chi connectivity index (χ4v) is 1.93. The summed E-state index contributed by atoms with van der Waals surface area (Å²) < 4.78 is 14.3. The minimum absolute atomic E-state index is 0.218. The Morgan fingerprint density at radius 3 is 2.76 bits per heavy atom. The molecule has 0 unspecified atom stereocenters. The van der Waals surface area contributed by atoms with E-state index in [-0.39, 0.29) is 5.82 Å². The Balaban J connectivity index is 2.09. The van der Waals surface area contributed by atoms with Crippen molar-refractivity contribution in [2.75, 3.05) is 11.1 Å². The van der Waals surface area contributed by atoms with Gasteiger partial charge in [-0.1, -0.05) is 22.0 Å². The van der Waals surface area contributed by atoms with Crippen LogP contribution in [0.2, 0.25) is 0 Å². The molecule has 2 nitrogen and oxygen atoms in total. The number of nitrogen functional groups attached to an aromatic ring is 1. The van der Waals surface area contributed by atoms with Gasteiger partial charge in [-0.05, 0) is 36.4 Å². The van der Waals surface area contributed by atoms with Crippen molar-refractivity contribution in [1.29, 1.82) is 0 Å². The molecule has 0 aliphatic rings. The van der Waals surface area contributed by atoms with Crippen molar-refractivity contribution in [1.82, 2.24) is 0 Å². The third kappa shape index (κ3) is 3.20. The van der Waals surface area contributed by atoms with E-state index in [0.717, 1.165) is 10.2 Å². The zero-order valence-corrected chi connectivity index (χ0v) is 10.7. The summed E-state index contributed by atoms with van der Waals surface area (Å²) in [5, 5.41) is 3.13. The second kappa shape index (κ2) is 5.19. The summed E-state index contributed by atoms with van der Waals surface area (Å²) in [5.74, 6) is -0.218. The van der Waals surface area contributed by atoms with E-state index in [2.05, 4.69) is 21.2 Å². The van der Waals surface area contributed by atoms with Gasteiger partial charge in [-0.2, -0.15) is 0 Å². The van der Waals surface area contributed by atoms with E-state index >= 15 is 0 Å². The Hall–Kier alpha value is -1.55. The first-order valence-electron chi connectivity index (χ1n) is 5.18. The molecule has 0 atom stereocenters. The number of hydrogen-bond acceptors (Lipinski definition) is 2. The largest absolute Gasteiger partial charge is 0.399 e. The van der Waals surface area contributed by atoms with Crippen LogP contribution in [0.1, 0.15) is 5.56 Å². The zero-order valence-electron chi connectivity index (χ0n) is 9.08. The Bertz CT molecular complexity index is 529. The number of halogens is 2. The van der Waals surface area contributed by atoms with Crippen LogP contribution >= 0.6 is 15.9 Å². The molecule has 2 rings (SSSR count). The third-order valence-electron chi connectivity index (χ3n) is 2.38. The van der Waals surface area contributed by atoms with E-state index in [0.29, 0.717) is 17.8 Å². The van der Waals surface area contributed by atoms with Gasteiger partial charge in [0, 0.05) is 28.0 Å². The summed E-state index contributed by atoms with van der Waals surface area (Å²) in [6, 6.07) is 12.3. The maximum atomic E-state index is 13.5. The Kier molecular flexibility index (Phi) is 3.64. The van der Waals surface area contributed by atoms with Crippen LogP contribution in [-0.2, 0) is 6.54 Å². The maximum Gasteiger partial charge on any atom is 0.128 e. The van der Waals surface area contributed by atoms with Crippen LogP contribution in [0, 0.1) is 5.82 Å². The highest BCUT2D eigenvalue weighted by molar-refractivity contribution is 9.10. The minimum Gasteiger partial charge on any atom is -0.399 e. The maximum absolute atomic E-state index is 13.5. The van der Waals surface area contributed by atoms with Crippen LogP contribution in [0.4, 0.5) is 15.8 Å². The van der Waals surface area contributed by atoms with Gasteiger partial charge < -0.3 is 11.1 Å². The van der Waals surface area contributed by atoms with Crippen LogP contribution < -0.4 is 11.1 Å². The molecule has 17 heavy (non-hydrogen) atoms. The first-order chi connectivity index (χ1) is 8.15. The van der Waals surface area contributed by atoms with Gasteiger partial charge in [0.25, 0.3) is 0 Å². The molecule has 0 amide bonds. The van der Waals surface area contributed by atoms with Gasteiger partial charge in [0.05, 0.1) is 0 Å². The van der Waals surface area contributed by atoms with E-state index < -0.39 is 0 Å². The molecule has 0 heterocycles. The van der Waals surface area contributed by atoms with Crippen molar-refractivity contribution >= 4 is 27.3 Å². The van der Waals surface area contributed by atoms with E-state index in [9.17, 15) is 4.39 Å². The molecule has 2 aromatic rings. The van der Waals surface area contributed by atoms with E-state index in [1.807, 2.05) is 24.3 Å². The van der Waals surface area contributed by atoms with Crippen molar-refractivity contribution in [3.63, 3.8) is 0 Å². The molecule has 2 aromatic carbocycles. The highest BCUT2D eigenvalue weighted by Gasteiger charge is 2.02. The molecule has 0 spiro atoms. The lowest BCUT2D eigenvalue weighted by atomic mass is 10.2. The molecule has 0 saturated carbocycles. The summed E-state index contributed by atoms with van der Waals surface area (Å²) in [6.45, 7) is 0.425. The second-order valence-corrected chi connectivity index (χ2v) is 4.63. The van der Waals surface area contributed by atoms with Crippen molar-refractivity contribution < 1.29 is 4.39 Å². The van der Waals surface area contributed by atoms with Gasteiger partial charge in [-0.3, -0.25) is 0 Å². The third-order valence-corrected chi connectivity index (χ3v) is 2.87. The minimum atomic E-state index is -0.218. The van der Waals surface area contributed by atoms with Gasteiger partial charge in [-0.15, -0.1) is 0 Å². The van der Waals surface area contributed by atoms with Crippen molar-refractivity contribution in [3.05, 3.63) is 58.3 Å². The Morgan fingerprint density at radius 1 is 1.18 bits per heavy atom. The van der Waals surface area contributed by atoms with Gasteiger partial charge in [0.15, 0.2) is 0 Å². The normalized spacial score (nSPS) is 10.2. The summed E-state index contributed by atoms with van der Waals surface area (Å²) >= 11 is 3.32. The average Bonchev–Trinajstić information content (AvgIpc) is 2.30. The van der Waals surface area contributed by atoms with Crippen LogP contribution in [0.3, 0.4) is 0 Å². The predicted molar refractivity (Wildman–Crippen MR) is 72.3 cm³/mol. The topological polar surface area (TPSA) is 38.0 Å². The van der Waals surface area contributed by atoms with Crippen LogP contribution in [0.25, 0.3) is 0 Å². The molecule has 0 radical (unpaired) electrons. The standard InChI is InChI=1S/C13H12BrFN2/c14-10-4-5-13(15)9(6-10)8-17-12-3-1-2-11(16)7-12/h1-7,17H,8,16H2. The predicted octanol–water partition coefficient (Wildman–Crippen LogP) is 3.78. The van der Waals surface area contributed by atoms with Crippen LogP contribution in [0.15, 0.2) is 46.9 Å². The molecule has 0 fully saturated rings. The van der Waals surface area contributed by atoms with Crippen molar-refractivity contribution in [3.8, 4) is 0 Å². The van der Waals surface area contributed by atoms with Gasteiger partial charge in [0.1, 0.15) is 5.82 Å². The molecule has 0 aliphatic carbocycles. The summed E-state index contributed by atoms with van der Waals surface area (Å²) in [4.78, 5) is 0. The van der Waals surface area contributed by atoms with Gasteiger partial charge >= 0.3 is 0 Å². The molecule has 0 aliphatic heterocycles. The lowest BCUT2D eigenvalue weighted by molar-refractivity contribution is 0.612. The number of anilines is 2. The van der Waals surface area contributed by atoms with E-state index in [1.54, 1.807) is 12.1 Å². The first-order valence-corrected chi connectivity index (χ1v) is 5.98. The highest BCUT2D eigenvalue weighted by Crippen LogP contribution is 2.18. The van der Waals surface area contributed by atoms with Crippen LogP contribution in [0.5, 0.6) is 0 Å². The fraction of sp³-hybridized carbons (Fsp3) is 0.0769. The van der Waals surface area contributed by atoms with Gasteiger partial charge in [0.2, 0.25) is 0 Å². The Labute approximate surface area is 108 Å². The summed E-state index contributed by atoms with van der Waals surface area (Å²) in [5.41, 5.74) is 7.84. The van der Waals surface area contributed by atoms with E-state index in [1.165, 1.54) is 6.07 Å². The number of benzene rings is 2. The van der Waals surface area contributed by atoms with Crippen molar-refractivity contribution in [2.45, 2.75) is 6.54 Å². The molecule has 0 aromatic heterocycles. The summed E-state index contributed by atoms with van der Waals surface area (Å²) in [6.07, 6.45) is 0. The number of nitrogens with one attached hydrogen (secondary N) is 1. The quantitative estimate of drug-likeness (QED) is 0.846. The molecular weight excluding hydrogens is 283 g/mol.